The van der Waals surface area contributed by atoms with E-state index in [4.69, 9.17) is 9.47 Å². The van der Waals surface area contributed by atoms with Crippen LogP contribution in [0.1, 0.15) is 11.1 Å². The molecule has 1 N–H and O–H groups in total. The molecule has 0 unspecified atom stereocenters. The van der Waals surface area contributed by atoms with Crippen LogP contribution in [-0.4, -0.2) is 59.0 Å². The van der Waals surface area contributed by atoms with Crippen LogP contribution in [0.3, 0.4) is 0 Å². The van der Waals surface area contributed by atoms with Gasteiger partial charge in [0, 0.05) is 30.6 Å². The summed E-state index contributed by atoms with van der Waals surface area (Å²) in [6.07, 6.45) is 0.233. The average molecular weight is 681 g/mol. The van der Waals surface area contributed by atoms with E-state index in [1.165, 1.54) is 44.4 Å². The summed E-state index contributed by atoms with van der Waals surface area (Å²) in [7, 11) is 0.101. The van der Waals surface area contributed by atoms with E-state index >= 15 is 0 Å². The van der Waals surface area contributed by atoms with E-state index in [9.17, 15) is 18.0 Å². The number of carbonyl (C=O) groups excluding carboxylic acids is 2. The standard InChI is InChI=1S/C33H34BrN3O6S/c1-35-33(39)29(20-24-10-6-4-7-11-24)36(22-25-14-16-26(34)17-15-25)32(38)23-37(27-12-8-5-9-13-27)44(40,41)28-18-19-30(42-2)31(21-28)43-3/h4-19,21,29H,20,22-23H2,1-3H3,(H,35,39)/t29-/m1/s1. The summed E-state index contributed by atoms with van der Waals surface area (Å²) in [6.45, 7) is -0.477. The first-order chi connectivity index (χ1) is 21.2. The zero-order chi connectivity index (χ0) is 31.7. The number of benzene rings is 4. The first kappa shape index (κ1) is 32.6. The fourth-order valence-electron chi connectivity index (χ4n) is 4.73. The molecule has 4 aromatic carbocycles. The molecule has 1 atom stereocenters. The van der Waals surface area contributed by atoms with Crippen LogP contribution in [0.15, 0.2) is 112 Å². The Balaban J connectivity index is 1.78. The molecule has 0 spiro atoms. The highest BCUT2D eigenvalue weighted by atomic mass is 79.9. The van der Waals surface area contributed by atoms with Gasteiger partial charge in [-0.25, -0.2) is 8.42 Å². The number of para-hydroxylation sites is 1. The van der Waals surface area contributed by atoms with Crippen molar-refractivity contribution in [1.82, 2.24) is 10.2 Å². The van der Waals surface area contributed by atoms with Gasteiger partial charge in [0.05, 0.1) is 24.8 Å². The van der Waals surface area contributed by atoms with Crippen molar-refractivity contribution in [2.75, 3.05) is 32.1 Å². The van der Waals surface area contributed by atoms with Gasteiger partial charge in [0.15, 0.2) is 11.5 Å². The average Bonchev–Trinajstić information content (AvgIpc) is 3.06. The van der Waals surface area contributed by atoms with Gasteiger partial charge in [-0.3, -0.25) is 13.9 Å². The number of rotatable bonds is 13. The maximum Gasteiger partial charge on any atom is 0.264 e. The zero-order valence-electron chi connectivity index (χ0n) is 24.6. The number of nitrogens with zero attached hydrogens (tertiary/aromatic N) is 2. The van der Waals surface area contributed by atoms with Gasteiger partial charge >= 0.3 is 0 Å². The Labute approximate surface area is 266 Å². The third-order valence-electron chi connectivity index (χ3n) is 7.05. The molecular formula is C33H34BrN3O6S. The molecule has 0 fully saturated rings. The Hall–Kier alpha value is -4.35. The third-order valence-corrected chi connectivity index (χ3v) is 9.35. The summed E-state index contributed by atoms with van der Waals surface area (Å²) in [5.74, 6) is -0.324. The number of likely N-dealkylation sites (N-methyl/N-ethyl adjacent to an activating group) is 1. The molecule has 230 valence electrons. The molecule has 9 nitrogen and oxygen atoms in total. The number of halogens is 1. The predicted octanol–water partition coefficient (Wildman–Crippen LogP) is 5.05. The Morgan fingerprint density at radius 2 is 1.43 bits per heavy atom. The van der Waals surface area contributed by atoms with Crippen LogP contribution < -0.4 is 19.1 Å². The highest BCUT2D eigenvalue weighted by Gasteiger charge is 2.34. The maximum absolute atomic E-state index is 14.3. The van der Waals surface area contributed by atoms with Gasteiger partial charge in [0.2, 0.25) is 11.8 Å². The largest absolute Gasteiger partial charge is 0.493 e. The summed E-state index contributed by atoms with van der Waals surface area (Å²) >= 11 is 3.44. The lowest BCUT2D eigenvalue weighted by molar-refractivity contribution is -0.139. The molecule has 11 heteroatoms. The Bertz CT molecular complexity index is 1670. The van der Waals surface area contributed by atoms with Crippen molar-refractivity contribution in [2.45, 2.75) is 23.9 Å². The van der Waals surface area contributed by atoms with Gasteiger partial charge in [0.1, 0.15) is 12.6 Å². The van der Waals surface area contributed by atoms with E-state index in [1.54, 1.807) is 30.3 Å². The smallest absolute Gasteiger partial charge is 0.264 e. The van der Waals surface area contributed by atoms with Crippen LogP contribution in [0.25, 0.3) is 0 Å². The van der Waals surface area contributed by atoms with Crippen LogP contribution in [0.4, 0.5) is 5.69 Å². The van der Waals surface area contributed by atoms with Gasteiger partial charge in [-0.1, -0.05) is 76.6 Å². The summed E-state index contributed by atoms with van der Waals surface area (Å²) < 4.78 is 40.9. The maximum atomic E-state index is 14.3. The number of sulfonamides is 1. The van der Waals surface area contributed by atoms with E-state index in [1.807, 2.05) is 54.6 Å². The van der Waals surface area contributed by atoms with Crippen LogP contribution >= 0.6 is 15.9 Å². The monoisotopic (exact) mass is 679 g/mol. The Kier molecular flexibility index (Phi) is 11.0. The number of methoxy groups -OCH3 is 2. The summed E-state index contributed by atoms with van der Waals surface area (Å²) in [5.41, 5.74) is 1.92. The van der Waals surface area contributed by atoms with E-state index in [0.29, 0.717) is 11.4 Å². The number of carbonyl (C=O) groups is 2. The van der Waals surface area contributed by atoms with Crippen LogP contribution in [-0.2, 0) is 32.6 Å². The van der Waals surface area contributed by atoms with Crippen molar-refractivity contribution in [3.8, 4) is 11.5 Å². The first-order valence-electron chi connectivity index (χ1n) is 13.8. The Morgan fingerprint density at radius 1 is 0.818 bits per heavy atom. The van der Waals surface area contributed by atoms with Crippen LogP contribution in [0.2, 0.25) is 0 Å². The second-order valence-electron chi connectivity index (χ2n) is 9.83. The second-order valence-corrected chi connectivity index (χ2v) is 12.6. The molecule has 0 aliphatic carbocycles. The lowest BCUT2D eigenvalue weighted by Crippen LogP contribution is -2.53. The first-order valence-corrected chi connectivity index (χ1v) is 16.0. The minimum Gasteiger partial charge on any atom is -0.493 e. The van der Waals surface area contributed by atoms with Crippen LogP contribution in [0, 0.1) is 0 Å². The predicted molar refractivity (Wildman–Crippen MR) is 173 cm³/mol. The number of nitrogens with one attached hydrogen (secondary N) is 1. The van der Waals surface area contributed by atoms with Gasteiger partial charge in [-0.2, -0.15) is 0 Å². The fourth-order valence-corrected chi connectivity index (χ4v) is 6.43. The molecule has 0 radical (unpaired) electrons. The summed E-state index contributed by atoms with van der Waals surface area (Å²) in [6, 6.07) is 28.5. The number of hydrogen-bond acceptors (Lipinski definition) is 6. The summed E-state index contributed by atoms with van der Waals surface area (Å²) in [4.78, 5) is 29.0. The molecule has 4 rings (SSSR count). The Morgan fingerprint density at radius 3 is 2.02 bits per heavy atom. The van der Waals surface area contributed by atoms with Gasteiger partial charge < -0.3 is 19.7 Å². The van der Waals surface area contributed by atoms with Crippen molar-refractivity contribution in [3.63, 3.8) is 0 Å². The lowest BCUT2D eigenvalue weighted by atomic mass is 10.0. The third kappa shape index (κ3) is 7.78. The molecule has 44 heavy (non-hydrogen) atoms. The molecule has 0 bridgehead atoms. The number of ether oxygens (including phenoxy) is 2. The molecule has 0 aromatic heterocycles. The minimum absolute atomic E-state index is 0.0794. The normalized spacial score (nSPS) is 11.7. The highest BCUT2D eigenvalue weighted by molar-refractivity contribution is 9.10. The number of amides is 2. The van der Waals surface area contributed by atoms with Crippen molar-refractivity contribution in [1.29, 1.82) is 0 Å². The zero-order valence-corrected chi connectivity index (χ0v) is 27.0. The van der Waals surface area contributed by atoms with Crippen molar-refractivity contribution >= 4 is 43.5 Å². The molecule has 4 aromatic rings. The van der Waals surface area contributed by atoms with Crippen LogP contribution in [0.5, 0.6) is 11.5 Å². The van der Waals surface area contributed by atoms with Gasteiger partial charge in [-0.05, 0) is 47.5 Å². The lowest BCUT2D eigenvalue weighted by Gasteiger charge is -2.33. The quantitative estimate of drug-likeness (QED) is 0.212. The number of anilines is 1. The topological polar surface area (TPSA) is 105 Å². The molecule has 0 heterocycles. The minimum atomic E-state index is -4.29. The SMILES string of the molecule is CNC(=O)[C@@H](Cc1ccccc1)N(Cc1ccc(Br)cc1)C(=O)CN(c1ccccc1)S(=O)(=O)c1ccc(OC)c(OC)c1. The molecular weight excluding hydrogens is 646 g/mol. The molecule has 0 saturated carbocycles. The molecule has 0 aliphatic rings. The van der Waals surface area contributed by atoms with Crippen molar-refractivity contribution in [3.05, 3.63) is 119 Å². The van der Waals surface area contributed by atoms with Crippen molar-refractivity contribution in [2.24, 2.45) is 0 Å². The molecule has 2 amide bonds. The van der Waals surface area contributed by atoms with E-state index in [0.717, 1.165) is 19.9 Å². The second kappa shape index (κ2) is 14.9. The van der Waals surface area contributed by atoms with E-state index in [2.05, 4.69) is 21.2 Å². The number of hydrogen-bond donors (Lipinski definition) is 1. The van der Waals surface area contributed by atoms with Gasteiger partial charge in [0.25, 0.3) is 10.0 Å². The molecule has 0 saturated heterocycles. The van der Waals surface area contributed by atoms with Crippen molar-refractivity contribution < 1.29 is 27.5 Å². The van der Waals surface area contributed by atoms with E-state index < -0.39 is 28.5 Å². The fraction of sp³-hybridized carbons (Fsp3) is 0.212. The summed E-state index contributed by atoms with van der Waals surface area (Å²) in [5, 5.41) is 2.68. The highest BCUT2D eigenvalue weighted by Crippen LogP contribution is 2.32. The van der Waals surface area contributed by atoms with E-state index in [-0.39, 0.29) is 29.5 Å². The van der Waals surface area contributed by atoms with Gasteiger partial charge in [-0.15, -0.1) is 0 Å². The molecule has 0 aliphatic heterocycles.